The average Bonchev–Trinajstić information content (AvgIpc) is 2.93. The van der Waals surface area contributed by atoms with Gasteiger partial charge in [0.1, 0.15) is 6.73 Å². The molecule has 1 fully saturated rings. The van der Waals surface area contributed by atoms with Crippen LogP contribution in [0.2, 0.25) is 0 Å². The maximum Gasteiger partial charge on any atom is 0.248 e. The molecule has 1 aromatic carbocycles. The third-order valence-corrected chi connectivity index (χ3v) is 3.56. The van der Waals surface area contributed by atoms with E-state index in [4.69, 9.17) is 4.74 Å². The minimum Gasteiger partial charge on any atom is -0.359 e. The number of benzene rings is 1. The Morgan fingerprint density at radius 1 is 1.40 bits per heavy atom. The highest BCUT2D eigenvalue weighted by Gasteiger charge is 2.28. The van der Waals surface area contributed by atoms with E-state index in [1.807, 2.05) is 29.2 Å². The van der Waals surface area contributed by atoms with E-state index < -0.39 is 0 Å². The molecule has 3 heteroatoms. The van der Waals surface area contributed by atoms with Gasteiger partial charge in [-0.15, -0.1) is 0 Å². The predicted molar refractivity (Wildman–Crippen MR) is 80.3 cm³/mol. The molecular weight excluding hydrogens is 250 g/mol. The summed E-state index contributed by atoms with van der Waals surface area (Å²) in [4.78, 5) is 14.0. The van der Waals surface area contributed by atoms with Crippen LogP contribution in [-0.2, 0) is 16.0 Å². The molecule has 20 heavy (non-hydrogen) atoms. The van der Waals surface area contributed by atoms with E-state index in [-0.39, 0.29) is 11.9 Å². The van der Waals surface area contributed by atoms with E-state index in [1.54, 1.807) is 6.08 Å². The second-order valence-corrected chi connectivity index (χ2v) is 5.20. The fourth-order valence-corrected chi connectivity index (χ4v) is 2.38. The average molecular weight is 273 g/mol. The smallest absolute Gasteiger partial charge is 0.248 e. The zero-order valence-electron chi connectivity index (χ0n) is 12.1. The third-order valence-electron chi connectivity index (χ3n) is 3.56. The molecule has 0 bridgehead atoms. The zero-order valence-corrected chi connectivity index (χ0v) is 12.1. The van der Waals surface area contributed by atoms with E-state index in [2.05, 4.69) is 19.1 Å². The standard InChI is InChI=1S/C17H23NO2/c1-2-3-4-8-11-17(19)18-14-20-13-16(18)12-15-9-6-5-7-10-15/h5-11,16H,2-4,12-14H2,1H3/b11-8+/t16-/m1/s1. The van der Waals surface area contributed by atoms with Crippen LogP contribution in [0.3, 0.4) is 0 Å². The molecular formula is C17H23NO2. The Morgan fingerprint density at radius 2 is 2.20 bits per heavy atom. The summed E-state index contributed by atoms with van der Waals surface area (Å²) in [5, 5.41) is 0. The van der Waals surface area contributed by atoms with E-state index in [0.717, 1.165) is 25.7 Å². The van der Waals surface area contributed by atoms with Gasteiger partial charge in [-0.05, 0) is 24.5 Å². The van der Waals surface area contributed by atoms with Gasteiger partial charge in [-0.3, -0.25) is 4.79 Å². The highest BCUT2D eigenvalue weighted by molar-refractivity contribution is 5.87. The lowest BCUT2D eigenvalue weighted by Gasteiger charge is -2.21. The number of ether oxygens (including phenoxy) is 1. The number of carbonyl (C=O) groups is 1. The summed E-state index contributed by atoms with van der Waals surface area (Å²) in [5.41, 5.74) is 1.25. The van der Waals surface area contributed by atoms with Gasteiger partial charge in [0.2, 0.25) is 5.91 Å². The monoisotopic (exact) mass is 273 g/mol. The van der Waals surface area contributed by atoms with E-state index in [0.29, 0.717) is 13.3 Å². The molecule has 1 heterocycles. The molecule has 1 saturated heterocycles. The fraction of sp³-hybridized carbons (Fsp3) is 0.471. The number of allylic oxidation sites excluding steroid dienone is 1. The summed E-state index contributed by atoms with van der Waals surface area (Å²) in [6.45, 7) is 3.19. The molecule has 0 saturated carbocycles. The first-order valence-electron chi connectivity index (χ1n) is 7.40. The summed E-state index contributed by atoms with van der Waals surface area (Å²) >= 11 is 0. The Hall–Kier alpha value is -1.61. The van der Waals surface area contributed by atoms with Gasteiger partial charge in [-0.25, -0.2) is 0 Å². The molecule has 0 aromatic heterocycles. The molecule has 2 rings (SSSR count). The van der Waals surface area contributed by atoms with Gasteiger partial charge in [0.25, 0.3) is 0 Å². The van der Waals surface area contributed by atoms with Crippen molar-refractivity contribution in [1.82, 2.24) is 4.90 Å². The molecule has 0 N–H and O–H groups in total. The lowest BCUT2D eigenvalue weighted by molar-refractivity contribution is -0.127. The first-order chi connectivity index (χ1) is 9.81. The van der Waals surface area contributed by atoms with Gasteiger partial charge in [0.15, 0.2) is 0 Å². The van der Waals surface area contributed by atoms with Gasteiger partial charge < -0.3 is 9.64 Å². The van der Waals surface area contributed by atoms with Crippen LogP contribution in [0.25, 0.3) is 0 Å². The Morgan fingerprint density at radius 3 is 2.95 bits per heavy atom. The molecule has 1 aliphatic rings. The molecule has 0 aliphatic carbocycles. The van der Waals surface area contributed by atoms with Gasteiger partial charge in [-0.1, -0.05) is 56.2 Å². The van der Waals surface area contributed by atoms with Crippen LogP contribution >= 0.6 is 0 Å². The zero-order chi connectivity index (χ0) is 14.2. The molecule has 1 amide bonds. The van der Waals surface area contributed by atoms with Gasteiger partial charge in [0.05, 0.1) is 12.6 Å². The summed E-state index contributed by atoms with van der Waals surface area (Å²) in [5.74, 6) is 0.0690. The number of nitrogens with zero attached hydrogens (tertiary/aromatic N) is 1. The van der Waals surface area contributed by atoms with E-state index in [9.17, 15) is 4.79 Å². The van der Waals surface area contributed by atoms with Crippen molar-refractivity contribution in [3.63, 3.8) is 0 Å². The molecule has 1 aliphatic heterocycles. The Labute approximate surface area is 121 Å². The summed E-state index contributed by atoms with van der Waals surface area (Å²) in [7, 11) is 0. The topological polar surface area (TPSA) is 29.5 Å². The highest BCUT2D eigenvalue weighted by Crippen LogP contribution is 2.15. The molecule has 0 unspecified atom stereocenters. The van der Waals surface area contributed by atoms with Crippen molar-refractivity contribution in [2.24, 2.45) is 0 Å². The molecule has 0 radical (unpaired) electrons. The number of hydrogen-bond acceptors (Lipinski definition) is 2. The van der Waals surface area contributed by atoms with Crippen molar-refractivity contribution in [1.29, 1.82) is 0 Å². The van der Waals surface area contributed by atoms with Crippen LogP contribution in [0.4, 0.5) is 0 Å². The summed E-state index contributed by atoms with van der Waals surface area (Å²) in [6.07, 6.45) is 7.79. The van der Waals surface area contributed by atoms with Gasteiger partial charge in [0, 0.05) is 0 Å². The van der Waals surface area contributed by atoms with Crippen molar-refractivity contribution in [3.05, 3.63) is 48.0 Å². The quantitative estimate of drug-likeness (QED) is 0.588. The highest BCUT2D eigenvalue weighted by atomic mass is 16.5. The number of hydrogen-bond donors (Lipinski definition) is 0. The molecule has 3 nitrogen and oxygen atoms in total. The Balaban J connectivity index is 1.90. The predicted octanol–water partition coefficient (Wildman–Crippen LogP) is 3.16. The third kappa shape index (κ3) is 4.20. The van der Waals surface area contributed by atoms with Crippen LogP contribution in [-0.4, -0.2) is 30.2 Å². The number of rotatable bonds is 6. The number of amides is 1. The van der Waals surface area contributed by atoms with Crippen molar-refractivity contribution in [3.8, 4) is 0 Å². The van der Waals surface area contributed by atoms with Crippen molar-refractivity contribution in [2.75, 3.05) is 13.3 Å². The van der Waals surface area contributed by atoms with Crippen LogP contribution in [0.5, 0.6) is 0 Å². The number of unbranched alkanes of at least 4 members (excludes halogenated alkanes) is 2. The fourth-order valence-electron chi connectivity index (χ4n) is 2.38. The van der Waals surface area contributed by atoms with Crippen LogP contribution in [0, 0.1) is 0 Å². The maximum atomic E-state index is 12.2. The van der Waals surface area contributed by atoms with Crippen LogP contribution in [0.15, 0.2) is 42.5 Å². The SMILES string of the molecule is CCCC/C=C/C(=O)N1COC[C@H]1Cc1ccccc1. The van der Waals surface area contributed by atoms with E-state index >= 15 is 0 Å². The van der Waals surface area contributed by atoms with Gasteiger partial charge >= 0.3 is 0 Å². The number of carbonyl (C=O) groups excluding carboxylic acids is 1. The lowest BCUT2D eigenvalue weighted by Crippen LogP contribution is -2.36. The molecule has 0 spiro atoms. The second-order valence-electron chi connectivity index (χ2n) is 5.20. The minimum atomic E-state index is 0.0690. The second kappa shape index (κ2) is 7.85. The van der Waals surface area contributed by atoms with Crippen molar-refractivity contribution < 1.29 is 9.53 Å². The van der Waals surface area contributed by atoms with Crippen molar-refractivity contribution in [2.45, 2.75) is 38.6 Å². The Kier molecular flexibility index (Phi) is 5.81. The molecule has 1 atom stereocenters. The van der Waals surface area contributed by atoms with Crippen LogP contribution in [0.1, 0.15) is 31.7 Å². The van der Waals surface area contributed by atoms with E-state index in [1.165, 1.54) is 5.56 Å². The Bertz CT molecular complexity index is 442. The van der Waals surface area contributed by atoms with Crippen LogP contribution < -0.4 is 0 Å². The summed E-state index contributed by atoms with van der Waals surface area (Å²) in [6, 6.07) is 10.4. The normalized spacial score (nSPS) is 18.9. The maximum absolute atomic E-state index is 12.2. The molecule has 1 aromatic rings. The van der Waals surface area contributed by atoms with Gasteiger partial charge in [-0.2, -0.15) is 0 Å². The lowest BCUT2D eigenvalue weighted by atomic mass is 10.1. The van der Waals surface area contributed by atoms with Crippen molar-refractivity contribution >= 4 is 5.91 Å². The summed E-state index contributed by atoms with van der Waals surface area (Å²) < 4.78 is 5.46. The molecule has 108 valence electrons. The first kappa shape index (κ1) is 14.8. The first-order valence-corrected chi connectivity index (χ1v) is 7.40. The largest absolute Gasteiger partial charge is 0.359 e. The minimum absolute atomic E-state index is 0.0690.